The van der Waals surface area contributed by atoms with Gasteiger partial charge in [-0.1, -0.05) is 346 Å². The van der Waals surface area contributed by atoms with Crippen molar-refractivity contribution >= 4 is 5.91 Å². The van der Waals surface area contributed by atoms with Crippen molar-refractivity contribution in [1.29, 1.82) is 0 Å². The van der Waals surface area contributed by atoms with Gasteiger partial charge in [0.25, 0.3) is 0 Å². The minimum Gasteiger partial charge on any atom is -0.394 e. The van der Waals surface area contributed by atoms with Crippen molar-refractivity contribution in [3.05, 3.63) is 24.3 Å². The molecule has 480 valence electrons. The van der Waals surface area contributed by atoms with E-state index in [1.54, 1.807) is 6.08 Å². The fraction of sp³-hybridized carbons (Fsp3) is 0.931. The van der Waals surface area contributed by atoms with E-state index >= 15 is 0 Å². The first-order chi connectivity index (χ1) is 39.8. The maximum Gasteiger partial charge on any atom is 0.220 e. The van der Waals surface area contributed by atoms with Crippen LogP contribution in [0, 0.1) is 0 Å². The monoisotopic (exact) mass is 1150 g/mol. The first kappa shape index (κ1) is 77.7. The zero-order chi connectivity index (χ0) is 58.6. The molecule has 81 heavy (non-hydrogen) atoms. The summed E-state index contributed by atoms with van der Waals surface area (Å²) in [5.74, 6) is -0.168. The second kappa shape index (κ2) is 61.7. The Morgan fingerprint density at radius 3 is 1.00 bits per heavy atom. The predicted octanol–water partition coefficient (Wildman–Crippen LogP) is 19.6. The van der Waals surface area contributed by atoms with Crippen LogP contribution < -0.4 is 5.32 Å². The van der Waals surface area contributed by atoms with Crippen molar-refractivity contribution in [1.82, 2.24) is 5.32 Å². The lowest BCUT2D eigenvalue weighted by molar-refractivity contribution is -0.302. The molecule has 9 heteroatoms. The molecule has 1 aliphatic heterocycles. The number of carbonyl (C=O) groups excluding carboxylic acids is 1. The normalized spacial score (nSPS) is 18.4. The highest BCUT2D eigenvalue weighted by Crippen LogP contribution is 2.24. The van der Waals surface area contributed by atoms with Crippen LogP contribution in [-0.4, -0.2) is 87.5 Å². The van der Waals surface area contributed by atoms with E-state index in [0.717, 1.165) is 38.5 Å². The summed E-state index contributed by atoms with van der Waals surface area (Å²) in [5.41, 5.74) is 0. The molecule has 7 unspecified atom stereocenters. The summed E-state index contributed by atoms with van der Waals surface area (Å²) in [6, 6.07) is -0.802. The molecule has 1 fully saturated rings. The Morgan fingerprint density at radius 2 is 0.691 bits per heavy atom. The van der Waals surface area contributed by atoms with Gasteiger partial charge in [-0.2, -0.15) is 0 Å². The summed E-state index contributed by atoms with van der Waals surface area (Å²) in [7, 11) is 0. The van der Waals surface area contributed by atoms with Crippen LogP contribution in [0.4, 0.5) is 0 Å². The van der Waals surface area contributed by atoms with E-state index in [-0.39, 0.29) is 12.5 Å². The number of nitrogens with one attached hydrogen (secondary N) is 1. The molecule has 0 aromatic heterocycles. The van der Waals surface area contributed by atoms with E-state index in [9.17, 15) is 30.3 Å². The van der Waals surface area contributed by atoms with Crippen LogP contribution >= 0.6 is 0 Å². The van der Waals surface area contributed by atoms with Crippen LogP contribution in [0.2, 0.25) is 0 Å². The molecule has 0 saturated carbocycles. The Balaban J connectivity index is 2.01. The Hall–Kier alpha value is -1.33. The van der Waals surface area contributed by atoms with Crippen LogP contribution in [0.5, 0.6) is 0 Å². The fourth-order valence-corrected chi connectivity index (χ4v) is 11.9. The van der Waals surface area contributed by atoms with E-state index in [1.807, 2.05) is 6.08 Å². The second-order valence-corrected chi connectivity index (χ2v) is 25.4. The number of unbranched alkanes of at least 4 members (excludes halogenated alkanes) is 52. The number of allylic oxidation sites excluding steroid dienone is 3. The Bertz CT molecular complexity index is 1330. The second-order valence-electron chi connectivity index (χ2n) is 25.4. The summed E-state index contributed by atoms with van der Waals surface area (Å²) in [6.45, 7) is 3.83. The zero-order valence-corrected chi connectivity index (χ0v) is 53.8. The van der Waals surface area contributed by atoms with Crippen LogP contribution in [-0.2, 0) is 14.3 Å². The van der Waals surface area contributed by atoms with Crippen molar-refractivity contribution in [3.63, 3.8) is 0 Å². The Labute approximate surface area is 502 Å². The van der Waals surface area contributed by atoms with Crippen molar-refractivity contribution in [2.24, 2.45) is 0 Å². The molecule has 0 radical (unpaired) electrons. The first-order valence-electron chi connectivity index (χ1n) is 36.1. The molecule has 0 aliphatic carbocycles. The molecular weight excluding hydrogens is 1010 g/mol. The summed E-state index contributed by atoms with van der Waals surface area (Å²) >= 11 is 0. The standard InChI is InChI=1S/C72H139NO8/c1-3-5-7-9-11-13-15-17-19-21-22-23-24-25-26-27-28-29-30-31-32-33-34-35-36-37-38-39-40-41-42-43-44-46-48-50-52-54-56-58-60-62-68(76)73-65(64-80-72-71(79)70(78)69(77)67(63-74)81-72)66(75)61-59-57-55-53-51-49-47-45-20-18-16-14-12-10-8-6-4-2/h21-22,59,61,65-67,69-72,74-75,77-79H,3-20,23-58,60,62-64H2,1-2H3,(H,73,76)/b22-21-,61-59+. The van der Waals surface area contributed by atoms with E-state index in [0.29, 0.717) is 6.42 Å². The third-order valence-corrected chi connectivity index (χ3v) is 17.5. The Kier molecular flexibility index (Phi) is 59.2. The summed E-state index contributed by atoms with van der Waals surface area (Å²) in [5, 5.41) is 54.7. The molecule has 0 spiro atoms. The number of carbonyl (C=O) groups is 1. The molecule has 0 bridgehead atoms. The SMILES string of the molecule is CCCCCCCCCC/C=C\CCCCCCCCCCCCCCCCCCCCCCCCCCCCCCCC(=O)NC(COC1OC(CO)C(O)C(O)C1O)C(O)/C=C/CCCCCCCCCCCCCCCCC. The molecule has 1 saturated heterocycles. The smallest absolute Gasteiger partial charge is 0.220 e. The van der Waals surface area contributed by atoms with E-state index in [2.05, 4.69) is 31.3 Å². The zero-order valence-electron chi connectivity index (χ0n) is 53.8. The van der Waals surface area contributed by atoms with Gasteiger partial charge in [-0.3, -0.25) is 4.79 Å². The highest BCUT2D eigenvalue weighted by atomic mass is 16.7. The number of hydrogen-bond acceptors (Lipinski definition) is 8. The molecule has 1 heterocycles. The van der Waals surface area contributed by atoms with Crippen molar-refractivity contribution in [2.75, 3.05) is 13.2 Å². The van der Waals surface area contributed by atoms with Crippen LogP contribution in [0.15, 0.2) is 24.3 Å². The summed E-state index contributed by atoms with van der Waals surface area (Å²) in [6.07, 6.45) is 74.6. The number of aliphatic hydroxyl groups is 5. The van der Waals surface area contributed by atoms with Gasteiger partial charge < -0.3 is 40.3 Å². The average Bonchev–Trinajstić information content (AvgIpc) is 3.49. The number of rotatable bonds is 64. The summed E-state index contributed by atoms with van der Waals surface area (Å²) < 4.78 is 11.3. The molecule has 9 nitrogen and oxygen atoms in total. The number of aliphatic hydroxyl groups excluding tert-OH is 5. The van der Waals surface area contributed by atoms with Gasteiger partial charge in [0.05, 0.1) is 25.4 Å². The number of amides is 1. The highest BCUT2D eigenvalue weighted by molar-refractivity contribution is 5.76. The van der Waals surface area contributed by atoms with Crippen LogP contribution in [0.1, 0.15) is 373 Å². The van der Waals surface area contributed by atoms with Crippen LogP contribution in [0.3, 0.4) is 0 Å². The first-order valence-corrected chi connectivity index (χ1v) is 36.1. The lowest BCUT2D eigenvalue weighted by Crippen LogP contribution is -2.60. The van der Waals surface area contributed by atoms with Gasteiger partial charge >= 0.3 is 0 Å². The minimum atomic E-state index is -1.56. The van der Waals surface area contributed by atoms with Gasteiger partial charge in [0.2, 0.25) is 5.91 Å². The van der Waals surface area contributed by atoms with Gasteiger partial charge in [-0.15, -0.1) is 0 Å². The van der Waals surface area contributed by atoms with E-state index in [1.165, 1.54) is 315 Å². The minimum absolute atomic E-state index is 0.168. The van der Waals surface area contributed by atoms with Crippen molar-refractivity contribution < 1.29 is 39.8 Å². The fourth-order valence-electron chi connectivity index (χ4n) is 11.9. The molecule has 1 rings (SSSR count). The van der Waals surface area contributed by atoms with Crippen LogP contribution in [0.25, 0.3) is 0 Å². The van der Waals surface area contributed by atoms with Gasteiger partial charge in [0.15, 0.2) is 6.29 Å². The third kappa shape index (κ3) is 50.5. The molecular formula is C72H139NO8. The number of ether oxygens (including phenoxy) is 2. The lowest BCUT2D eigenvalue weighted by atomic mass is 9.99. The molecule has 6 N–H and O–H groups in total. The van der Waals surface area contributed by atoms with Gasteiger partial charge in [0, 0.05) is 6.42 Å². The quantitative estimate of drug-likeness (QED) is 0.0261. The molecule has 1 aliphatic rings. The maximum absolute atomic E-state index is 13.1. The average molecular weight is 1150 g/mol. The molecule has 7 atom stereocenters. The molecule has 1 amide bonds. The predicted molar refractivity (Wildman–Crippen MR) is 346 cm³/mol. The highest BCUT2D eigenvalue weighted by Gasteiger charge is 2.44. The molecule has 0 aromatic carbocycles. The maximum atomic E-state index is 13.1. The number of hydrogen-bond donors (Lipinski definition) is 6. The van der Waals surface area contributed by atoms with E-state index in [4.69, 9.17) is 9.47 Å². The third-order valence-electron chi connectivity index (χ3n) is 17.5. The van der Waals surface area contributed by atoms with Gasteiger partial charge in [0.1, 0.15) is 24.4 Å². The topological polar surface area (TPSA) is 149 Å². The van der Waals surface area contributed by atoms with Gasteiger partial charge in [-0.25, -0.2) is 0 Å². The van der Waals surface area contributed by atoms with Crippen molar-refractivity contribution in [2.45, 2.75) is 416 Å². The van der Waals surface area contributed by atoms with Crippen molar-refractivity contribution in [3.8, 4) is 0 Å². The molecule has 0 aromatic rings. The van der Waals surface area contributed by atoms with E-state index < -0.39 is 49.5 Å². The summed E-state index contributed by atoms with van der Waals surface area (Å²) in [4.78, 5) is 13.1. The largest absolute Gasteiger partial charge is 0.394 e. The van der Waals surface area contributed by atoms with Gasteiger partial charge in [-0.05, 0) is 44.9 Å². The Morgan fingerprint density at radius 1 is 0.407 bits per heavy atom. The lowest BCUT2D eigenvalue weighted by Gasteiger charge is -2.40.